The normalized spacial score (nSPS) is 12.0. The average molecular weight is 218 g/mol. The first-order valence-electron chi connectivity index (χ1n) is 5.51. The van der Waals surface area contributed by atoms with E-state index < -0.39 is 5.60 Å². The molecule has 2 aromatic rings. The van der Waals surface area contributed by atoms with Crippen molar-refractivity contribution in [3.05, 3.63) is 30.0 Å². The zero-order valence-corrected chi connectivity index (χ0v) is 9.96. The summed E-state index contributed by atoms with van der Waals surface area (Å²) >= 11 is 0. The van der Waals surface area contributed by atoms with Crippen LogP contribution in [-0.2, 0) is 0 Å². The summed E-state index contributed by atoms with van der Waals surface area (Å²) in [7, 11) is 0. The minimum Gasteiger partial charge on any atom is -0.389 e. The van der Waals surface area contributed by atoms with Gasteiger partial charge in [-0.25, -0.2) is 0 Å². The van der Waals surface area contributed by atoms with Crippen LogP contribution in [0.2, 0.25) is 0 Å². The van der Waals surface area contributed by atoms with Gasteiger partial charge in [0.15, 0.2) is 0 Å². The van der Waals surface area contributed by atoms with Gasteiger partial charge in [-0.1, -0.05) is 18.2 Å². The maximum absolute atomic E-state index is 9.71. The Morgan fingerprint density at radius 3 is 2.69 bits per heavy atom. The summed E-state index contributed by atoms with van der Waals surface area (Å²) in [6, 6.07) is 8.16. The predicted octanol–water partition coefficient (Wildman–Crippen LogP) is 2.66. The largest absolute Gasteiger partial charge is 0.389 e. The molecule has 0 atom stereocenters. The van der Waals surface area contributed by atoms with Crippen molar-refractivity contribution in [1.29, 1.82) is 0 Å². The molecule has 2 rings (SSSR count). The first-order valence-corrected chi connectivity index (χ1v) is 5.51. The van der Waals surface area contributed by atoms with Crippen molar-refractivity contribution in [3.8, 4) is 0 Å². The molecule has 1 aromatic heterocycles. The van der Waals surface area contributed by atoms with Gasteiger partial charge in [0.25, 0.3) is 0 Å². The van der Waals surface area contributed by atoms with Crippen LogP contribution >= 0.6 is 0 Å². The number of para-hydroxylation sites is 1. The van der Waals surface area contributed by atoms with E-state index in [0.717, 1.165) is 16.9 Å². The Kier molecular flexibility index (Phi) is 2.64. The first kappa shape index (κ1) is 11.0. The van der Waals surface area contributed by atoms with Crippen LogP contribution in [0.1, 0.15) is 19.5 Å². The first-order chi connectivity index (χ1) is 7.47. The number of fused-ring (bicyclic) bond motifs is 1. The number of nitrogens with one attached hydrogen (secondary N) is 2. The van der Waals surface area contributed by atoms with E-state index >= 15 is 0 Å². The van der Waals surface area contributed by atoms with Gasteiger partial charge in [-0.3, -0.25) is 0 Å². The third-order valence-corrected chi connectivity index (χ3v) is 2.59. The zero-order chi connectivity index (χ0) is 11.8. The summed E-state index contributed by atoms with van der Waals surface area (Å²) in [6.07, 6.45) is 0. The van der Waals surface area contributed by atoms with E-state index in [1.54, 1.807) is 13.8 Å². The van der Waals surface area contributed by atoms with Gasteiger partial charge in [0.1, 0.15) is 0 Å². The smallest absolute Gasteiger partial charge is 0.0763 e. The standard InChI is InChI=1S/C13H18N2O/c1-9-12(14-8-13(2,3)16)10-6-4-5-7-11(10)15-9/h4-7,14-16H,8H2,1-3H3. The van der Waals surface area contributed by atoms with Crippen molar-refractivity contribution in [2.24, 2.45) is 0 Å². The summed E-state index contributed by atoms with van der Waals surface area (Å²) in [5, 5.41) is 14.2. The molecule has 0 aliphatic heterocycles. The second-order valence-corrected chi connectivity index (χ2v) is 4.84. The second-order valence-electron chi connectivity index (χ2n) is 4.84. The Hall–Kier alpha value is -1.48. The number of rotatable bonds is 3. The van der Waals surface area contributed by atoms with Gasteiger partial charge < -0.3 is 15.4 Å². The van der Waals surface area contributed by atoms with E-state index in [-0.39, 0.29) is 0 Å². The summed E-state index contributed by atoms with van der Waals surface area (Å²) in [4.78, 5) is 3.32. The van der Waals surface area contributed by atoms with Crippen LogP contribution in [0.3, 0.4) is 0 Å². The Morgan fingerprint density at radius 1 is 1.31 bits per heavy atom. The van der Waals surface area contributed by atoms with Gasteiger partial charge in [-0.15, -0.1) is 0 Å². The number of hydrogen-bond acceptors (Lipinski definition) is 2. The molecule has 0 saturated carbocycles. The van der Waals surface area contributed by atoms with Crippen LogP contribution in [0.15, 0.2) is 24.3 Å². The molecule has 1 heterocycles. The fourth-order valence-electron chi connectivity index (χ4n) is 1.81. The monoisotopic (exact) mass is 218 g/mol. The maximum Gasteiger partial charge on any atom is 0.0763 e. The van der Waals surface area contributed by atoms with Crippen LogP contribution in [-0.4, -0.2) is 22.2 Å². The molecular formula is C13H18N2O. The molecule has 0 unspecified atom stereocenters. The van der Waals surface area contributed by atoms with E-state index in [0.29, 0.717) is 6.54 Å². The second kappa shape index (κ2) is 3.83. The van der Waals surface area contributed by atoms with E-state index in [4.69, 9.17) is 0 Å². The summed E-state index contributed by atoms with van der Waals surface area (Å²) in [5.74, 6) is 0. The fraction of sp³-hybridized carbons (Fsp3) is 0.385. The highest BCUT2D eigenvalue weighted by molar-refractivity contribution is 5.94. The number of benzene rings is 1. The minimum atomic E-state index is -0.704. The molecule has 0 radical (unpaired) electrons. The van der Waals surface area contributed by atoms with Crippen LogP contribution < -0.4 is 5.32 Å². The molecular weight excluding hydrogens is 200 g/mol. The number of H-pyrrole nitrogens is 1. The van der Waals surface area contributed by atoms with Crippen molar-refractivity contribution >= 4 is 16.6 Å². The molecule has 86 valence electrons. The summed E-state index contributed by atoms with van der Waals surface area (Å²) < 4.78 is 0. The molecule has 3 heteroatoms. The Morgan fingerprint density at radius 2 is 2.00 bits per heavy atom. The molecule has 0 saturated heterocycles. The minimum absolute atomic E-state index is 0.537. The van der Waals surface area contributed by atoms with Gasteiger partial charge in [-0.2, -0.15) is 0 Å². The number of aryl methyl sites for hydroxylation is 1. The highest BCUT2D eigenvalue weighted by atomic mass is 16.3. The Bertz CT molecular complexity index is 494. The molecule has 0 fully saturated rings. The highest BCUT2D eigenvalue weighted by Crippen LogP contribution is 2.27. The van der Waals surface area contributed by atoms with Crippen LogP contribution in [0.25, 0.3) is 10.9 Å². The fourth-order valence-corrected chi connectivity index (χ4v) is 1.81. The Balaban J connectivity index is 2.33. The van der Waals surface area contributed by atoms with Crippen LogP contribution in [0.5, 0.6) is 0 Å². The molecule has 0 spiro atoms. The van der Waals surface area contributed by atoms with E-state index in [9.17, 15) is 5.11 Å². The molecule has 3 nitrogen and oxygen atoms in total. The maximum atomic E-state index is 9.71. The van der Waals surface area contributed by atoms with Gasteiger partial charge in [-0.05, 0) is 26.8 Å². The van der Waals surface area contributed by atoms with Crippen molar-refractivity contribution in [2.45, 2.75) is 26.4 Å². The SMILES string of the molecule is Cc1[nH]c2ccccc2c1NCC(C)(C)O. The van der Waals surface area contributed by atoms with E-state index in [1.807, 2.05) is 19.1 Å². The van der Waals surface area contributed by atoms with Gasteiger partial charge in [0.2, 0.25) is 0 Å². The van der Waals surface area contributed by atoms with Crippen LogP contribution in [0.4, 0.5) is 5.69 Å². The lowest BCUT2D eigenvalue weighted by atomic mass is 10.1. The number of anilines is 1. The molecule has 1 aromatic carbocycles. The summed E-state index contributed by atoms with van der Waals surface area (Å²) in [6.45, 7) is 6.16. The topological polar surface area (TPSA) is 48.0 Å². The quantitative estimate of drug-likeness (QED) is 0.741. The third-order valence-electron chi connectivity index (χ3n) is 2.59. The average Bonchev–Trinajstić information content (AvgIpc) is 2.49. The van der Waals surface area contributed by atoms with Crippen molar-refractivity contribution in [2.75, 3.05) is 11.9 Å². The molecule has 16 heavy (non-hydrogen) atoms. The molecule has 0 bridgehead atoms. The summed E-state index contributed by atoms with van der Waals surface area (Å²) in [5.41, 5.74) is 2.60. The lowest BCUT2D eigenvalue weighted by Crippen LogP contribution is -2.29. The number of aromatic nitrogens is 1. The number of aliphatic hydroxyl groups is 1. The number of hydrogen-bond donors (Lipinski definition) is 3. The molecule has 0 aliphatic rings. The van der Waals surface area contributed by atoms with Crippen molar-refractivity contribution in [3.63, 3.8) is 0 Å². The highest BCUT2D eigenvalue weighted by Gasteiger charge is 2.14. The van der Waals surface area contributed by atoms with Gasteiger partial charge >= 0.3 is 0 Å². The zero-order valence-electron chi connectivity index (χ0n) is 9.96. The van der Waals surface area contributed by atoms with Gasteiger partial charge in [0, 0.05) is 23.1 Å². The van der Waals surface area contributed by atoms with E-state index in [1.165, 1.54) is 5.39 Å². The molecule has 0 aliphatic carbocycles. The third kappa shape index (κ3) is 2.19. The lowest BCUT2D eigenvalue weighted by molar-refractivity contribution is 0.0945. The van der Waals surface area contributed by atoms with Crippen LogP contribution in [0, 0.1) is 6.92 Å². The van der Waals surface area contributed by atoms with Crippen molar-refractivity contribution in [1.82, 2.24) is 4.98 Å². The predicted molar refractivity (Wildman–Crippen MR) is 67.8 cm³/mol. The van der Waals surface area contributed by atoms with E-state index in [2.05, 4.69) is 22.4 Å². The molecule has 3 N–H and O–H groups in total. The van der Waals surface area contributed by atoms with Crippen molar-refractivity contribution < 1.29 is 5.11 Å². The van der Waals surface area contributed by atoms with Gasteiger partial charge in [0.05, 0.1) is 11.3 Å². The lowest BCUT2D eigenvalue weighted by Gasteiger charge is -2.18. The molecule has 0 amide bonds. The Labute approximate surface area is 95.5 Å². The number of aromatic amines is 1.